The van der Waals surface area contributed by atoms with E-state index in [1.54, 1.807) is 52.5 Å². The molecule has 2 amide bonds. The lowest BCUT2D eigenvalue weighted by atomic mass is 10.2. The third-order valence-corrected chi connectivity index (χ3v) is 5.79. The van der Waals surface area contributed by atoms with Gasteiger partial charge in [0.25, 0.3) is 5.91 Å². The van der Waals surface area contributed by atoms with Crippen LogP contribution in [0.2, 0.25) is 0 Å². The fourth-order valence-corrected chi connectivity index (χ4v) is 3.78. The van der Waals surface area contributed by atoms with Gasteiger partial charge in [-0.1, -0.05) is 12.1 Å². The smallest absolute Gasteiger partial charge is 0.274 e. The van der Waals surface area contributed by atoms with Gasteiger partial charge in [-0.3, -0.25) is 14.2 Å². The van der Waals surface area contributed by atoms with Gasteiger partial charge in [0, 0.05) is 38.3 Å². The number of carbonyl (C=O) groups is 2. The Bertz CT molecular complexity index is 1130. The molecule has 0 atom stereocenters. The van der Waals surface area contributed by atoms with Crippen LogP contribution in [0.4, 0.5) is 15.8 Å². The van der Waals surface area contributed by atoms with E-state index in [-0.39, 0.29) is 23.5 Å². The van der Waals surface area contributed by atoms with Gasteiger partial charge < -0.3 is 15.1 Å². The molecule has 1 aliphatic carbocycles. The summed E-state index contributed by atoms with van der Waals surface area (Å²) in [5.41, 5.74) is 1.54. The lowest BCUT2D eigenvalue weighted by molar-refractivity contribution is -0.117. The number of piperazine rings is 1. The molecule has 9 heteroatoms. The molecule has 0 radical (unpaired) electrons. The van der Waals surface area contributed by atoms with Crippen molar-refractivity contribution in [1.29, 1.82) is 0 Å². The topological polar surface area (TPSA) is 83.4 Å². The van der Waals surface area contributed by atoms with Crippen molar-refractivity contribution in [2.75, 3.05) is 36.4 Å². The van der Waals surface area contributed by atoms with Crippen molar-refractivity contribution in [3.63, 3.8) is 0 Å². The highest BCUT2D eigenvalue weighted by Gasteiger charge is 2.29. The molecule has 164 valence electrons. The average molecular weight is 434 g/mol. The Balaban J connectivity index is 1.20. The number of imidazole rings is 1. The maximum Gasteiger partial charge on any atom is 0.274 e. The quantitative estimate of drug-likeness (QED) is 0.668. The van der Waals surface area contributed by atoms with Crippen LogP contribution in [0.1, 0.15) is 23.3 Å². The van der Waals surface area contributed by atoms with Crippen LogP contribution in [-0.2, 0) is 4.79 Å². The third kappa shape index (κ3) is 4.18. The summed E-state index contributed by atoms with van der Waals surface area (Å²) >= 11 is 0. The van der Waals surface area contributed by atoms with E-state index in [0.717, 1.165) is 12.8 Å². The number of amides is 2. The number of nitrogens with one attached hydrogen (secondary N) is 1. The number of pyridine rings is 1. The largest absolute Gasteiger partial charge is 0.366 e. The normalized spacial score (nSPS) is 16.2. The zero-order valence-electron chi connectivity index (χ0n) is 17.4. The maximum atomic E-state index is 14.0. The Kier molecular flexibility index (Phi) is 5.30. The SMILES string of the molecule is O=C(Nc1ccc(-n2cnc(C(=O)N3CCN(c4ccccc4F)CC3)c2)nc1)C1CC1. The molecular weight excluding hydrogens is 411 g/mol. The number of hydrogen-bond acceptors (Lipinski definition) is 5. The second kappa shape index (κ2) is 8.41. The number of nitrogens with zero attached hydrogens (tertiary/aromatic N) is 5. The third-order valence-electron chi connectivity index (χ3n) is 5.79. The Hall–Kier alpha value is -3.75. The lowest BCUT2D eigenvalue weighted by Gasteiger charge is -2.35. The van der Waals surface area contributed by atoms with Crippen molar-refractivity contribution in [1.82, 2.24) is 19.4 Å². The second-order valence-electron chi connectivity index (χ2n) is 8.07. The van der Waals surface area contributed by atoms with Gasteiger partial charge in [-0.2, -0.15) is 0 Å². The average Bonchev–Trinajstić information content (AvgIpc) is 3.57. The van der Waals surface area contributed by atoms with E-state index in [1.165, 1.54) is 6.07 Å². The van der Waals surface area contributed by atoms with E-state index in [9.17, 15) is 14.0 Å². The van der Waals surface area contributed by atoms with Crippen molar-refractivity contribution in [3.05, 3.63) is 66.6 Å². The van der Waals surface area contributed by atoms with Crippen LogP contribution in [0.5, 0.6) is 0 Å². The Morgan fingerprint density at radius 1 is 1.00 bits per heavy atom. The highest BCUT2D eigenvalue weighted by molar-refractivity contribution is 5.94. The van der Waals surface area contributed by atoms with E-state index in [1.807, 2.05) is 11.0 Å². The van der Waals surface area contributed by atoms with Gasteiger partial charge in [-0.15, -0.1) is 0 Å². The fraction of sp³-hybridized carbons (Fsp3) is 0.304. The molecule has 3 aromatic rings. The number of carbonyl (C=O) groups excluding carboxylic acids is 2. The van der Waals surface area contributed by atoms with Gasteiger partial charge in [-0.25, -0.2) is 14.4 Å². The molecule has 0 spiro atoms. The van der Waals surface area contributed by atoms with Crippen molar-refractivity contribution in [2.45, 2.75) is 12.8 Å². The van der Waals surface area contributed by atoms with Gasteiger partial charge in [0.15, 0.2) is 0 Å². The highest BCUT2D eigenvalue weighted by Crippen LogP contribution is 2.30. The first-order chi connectivity index (χ1) is 15.6. The Labute approximate surface area is 184 Å². The number of hydrogen-bond donors (Lipinski definition) is 1. The first-order valence-corrected chi connectivity index (χ1v) is 10.7. The molecule has 32 heavy (non-hydrogen) atoms. The van der Waals surface area contributed by atoms with Crippen molar-refractivity contribution < 1.29 is 14.0 Å². The number of aromatic nitrogens is 3. The van der Waals surface area contributed by atoms with Gasteiger partial charge in [0.1, 0.15) is 23.7 Å². The molecule has 2 fully saturated rings. The molecular formula is C23H23FN6O2. The van der Waals surface area contributed by atoms with E-state index in [4.69, 9.17) is 0 Å². The number of para-hydroxylation sites is 1. The monoisotopic (exact) mass is 434 g/mol. The number of rotatable bonds is 5. The van der Waals surface area contributed by atoms with Crippen LogP contribution < -0.4 is 10.2 Å². The van der Waals surface area contributed by atoms with Crippen LogP contribution in [0.3, 0.4) is 0 Å². The van der Waals surface area contributed by atoms with E-state index in [0.29, 0.717) is 49.1 Å². The standard InChI is InChI=1S/C23H23FN6O2/c24-18-3-1-2-4-20(18)28-9-11-29(12-10-28)23(32)19-14-30(15-26-19)21-8-7-17(13-25-21)27-22(31)16-5-6-16/h1-4,7-8,13-16H,5-6,9-12H2,(H,27,31). The Morgan fingerprint density at radius 3 is 2.47 bits per heavy atom. The molecule has 8 nitrogen and oxygen atoms in total. The summed E-state index contributed by atoms with van der Waals surface area (Å²) in [4.78, 5) is 37.0. The fourth-order valence-electron chi connectivity index (χ4n) is 3.78. The van der Waals surface area contributed by atoms with E-state index < -0.39 is 0 Å². The van der Waals surface area contributed by atoms with Crippen molar-refractivity contribution in [3.8, 4) is 5.82 Å². The summed E-state index contributed by atoms with van der Waals surface area (Å²) in [5.74, 6) is 0.350. The minimum atomic E-state index is -0.253. The molecule has 0 unspecified atom stereocenters. The van der Waals surface area contributed by atoms with Crippen molar-refractivity contribution in [2.24, 2.45) is 5.92 Å². The zero-order chi connectivity index (χ0) is 22.1. The summed E-state index contributed by atoms with van der Waals surface area (Å²) in [7, 11) is 0. The molecule has 0 bridgehead atoms. The van der Waals surface area contributed by atoms with Gasteiger partial charge >= 0.3 is 0 Å². The lowest BCUT2D eigenvalue weighted by Crippen LogP contribution is -2.49. The van der Waals surface area contributed by atoms with Crippen LogP contribution in [0.25, 0.3) is 5.82 Å². The summed E-state index contributed by atoms with van der Waals surface area (Å²) in [6.07, 6.45) is 6.69. The minimum absolute atomic E-state index is 0.0326. The summed E-state index contributed by atoms with van der Waals surface area (Å²) in [5, 5.41) is 2.85. The summed E-state index contributed by atoms with van der Waals surface area (Å²) in [6, 6.07) is 10.2. The maximum absolute atomic E-state index is 14.0. The molecule has 1 saturated carbocycles. The Morgan fingerprint density at radius 2 is 1.78 bits per heavy atom. The number of anilines is 2. The first kappa shape index (κ1) is 20.2. The van der Waals surface area contributed by atoms with Gasteiger partial charge in [0.05, 0.1) is 17.6 Å². The van der Waals surface area contributed by atoms with E-state index in [2.05, 4.69) is 15.3 Å². The highest BCUT2D eigenvalue weighted by atomic mass is 19.1. The minimum Gasteiger partial charge on any atom is -0.366 e. The van der Waals surface area contributed by atoms with Gasteiger partial charge in [-0.05, 0) is 37.1 Å². The molecule has 3 heterocycles. The molecule has 2 aromatic heterocycles. The first-order valence-electron chi connectivity index (χ1n) is 10.7. The number of halogens is 1. The second-order valence-corrected chi connectivity index (χ2v) is 8.07. The summed E-state index contributed by atoms with van der Waals surface area (Å²) in [6.45, 7) is 2.10. The molecule has 2 aliphatic rings. The molecule has 1 N–H and O–H groups in total. The van der Waals surface area contributed by atoms with Gasteiger partial charge in [0.2, 0.25) is 5.91 Å². The van der Waals surface area contributed by atoms with Crippen molar-refractivity contribution >= 4 is 23.2 Å². The molecule has 5 rings (SSSR count). The predicted octanol–water partition coefficient (Wildman–Crippen LogP) is 2.72. The van der Waals surface area contributed by atoms with E-state index >= 15 is 0 Å². The molecule has 1 aliphatic heterocycles. The molecule has 1 saturated heterocycles. The molecule has 1 aromatic carbocycles. The van der Waals surface area contributed by atoms with Crippen LogP contribution in [-0.4, -0.2) is 57.4 Å². The van der Waals surface area contributed by atoms with Crippen LogP contribution in [0.15, 0.2) is 55.1 Å². The van der Waals surface area contributed by atoms with Crippen LogP contribution >= 0.6 is 0 Å². The zero-order valence-corrected chi connectivity index (χ0v) is 17.4. The number of benzene rings is 1. The summed E-state index contributed by atoms with van der Waals surface area (Å²) < 4.78 is 15.7. The predicted molar refractivity (Wildman–Crippen MR) is 117 cm³/mol. The van der Waals surface area contributed by atoms with Crippen LogP contribution in [0, 0.1) is 11.7 Å².